The van der Waals surface area contributed by atoms with Crippen molar-refractivity contribution in [3.05, 3.63) is 29.6 Å². The standard InChI is InChI=1S/C8H10N2.CH4O/c1-2-7-3-5-9-6-8(7)10-4-1;1-2/h1-2,4,9H,3,5-6H2;2H,1H3. The minimum absolute atomic E-state index is 0.941. The number of hydrogen-bond donors (Lipinski definition) is 2. The molecule has 0 radical (unpaired) electrons. The predicted octanol–water partition coefficient (Wildman–Crippen LogP) is 0.336. The Hall–Kier alpha value is -0.930. The lowest BCUT2D eigenvalue weighted by Gasteiger charge is -2.14. The lowest BCUT2D eigenvalue weighted by Crippen LogP contribution is -2.24. The highest BCUT2D eigenvalue weighted by Gasteiger charge is 2.06. The van der Waals surface area contributed by atoms with Gasteiger partial charge in [-0.2, -0.15) is 0 Å². The van der Waals surface area contributed by atoms with E-state index in [1.165, 1.54) is 11.3 Å². The molecule has 2 rings (SSSR count). The fourth-order valence-corrected chi connectivity index (χ4v) is 1.29. The molecule has 0 fully saturated rings. The maximum Gasteiger partial charge on any atom is 0.0574 e. The number of fused-ring (bicyclic) bond motifs is 1. The number of rotatable bonds is 0. The lowest BCUT2D eigenvalue weighted by atomic mass is 10.1. The molecular weight excluding hydrogens is 152 g/mol. The van der Waals surface area contributed by atoms with Crippen LogP contribution in [0.2, 0.25) is 0 Å². The van der Waals surface area contributed by atoms with Crippen LogP contribution in [0.4, 0.5) is 0 Å². The van der Waals surface area contributed by atoms with E-state index >= 15 is 0 Å². The SMILES string of the molecule is CO.c1cnc2c(c1)CCNC2. The van der Waals surface area contributed by atoms with E-state index in [4.69, 9.17) is 5.11 Å². The van der Waals surface area contributed by atoms with Crippen molar-refractivity contribution in [3.63, 3.8) is 0 Å². The van der Waals surface area contributed by atoms with Crippen LogP contribution >= 0.6 is 0 Å². The zero-order chi connectivity index (χ0) is 8.81. The maximum atomic E-state index is 7.00. The second kappa shape index (κ2) is 4.85. The molecule has 1 aromatic heterocycles. The third kappa shape index (κ3) is 2.03. The van der Waals surface area contributed by atoms with E-state index in [2.05, 4.69) is 16.4 Å². The van der Waals surface area contributed by atoms with Crippen LogP contribution in [-0.4, -0.2) is 23.7 Å². The fraction of sp³-hybridized carbons (Fsp3) is 0.444. The largest absolute Gasteiger partial charge is 0.400 e. The summed E-state index contributed by atoms with van der Waals surface area (Å²) in [5.74, 6) is 0. The normalized spacial score (nSPS) is 14.2. The summed E-state index contributed by atoms with van der Waals surface area (Å²) in [6.45, 7) is 2.04. The molecule has 0 atom stereocenters. The van der Waals surface area contributed by atoms with E-state index < -0.39 is 0 Å². The maximum absolute atomic E-state index is 7.00. The third-order valence-corrected chi connectivity index (χ3v) is 1.85. The number of aliphatic hydroxyl groups is 1. The molecule has 3 nitrogen and oxygen atoms in total. The summed E-state index contributed by atoms with van der Waals surface area (Å²) in [7, 11) is 1.00. The van der Waals surface area contributed by atoms with Crippen molar-refractivity contribution in [2.45, 2.75) is 13.0 Å². The Morgan fingerprint density at radius 1 is 1.50 bits per heavy atom. The minimum atomic E-state index is 0.941. The summed E-state index contributed by atoms with van der Waals surface area (Å²) in [6, 6.07) is 4.16. The van der Waals surface area contributed by atoms with E-state index in [1.54, 1.807) is 0 Å². The second-order valence-electron chi connectivity index (χ2n) is 2.54. The quantitative estimate of drug-likeness (QED) is 0.584. The molecule has 2 N–H and O–H groups in total. The molecule has 1 aromatic rings. The number of nitrogens with zero attached hydrogens (tertiary/aromatic N) is 1. The summed E-state index contributed by atoms with van der Waals surface area (Å²) in [5.41, 5.74) is 2.62. The predicted molar refractivity (Wildman–Crippen MR) is 47.8 cm³/mol. The molecule has 12 heavy (non-hydrogen) atoms. The van der Waals surface area contributed by atoms with Crippen LogP contribution in [0, 0.1) is 0 Å². The van der Waals surface area contributed by atoms with Crippen LogP contribution in [0.3, 0.4) is 0 Å². The van der Waals surface area contributed by atoms with Crippen LogP contribution in [0.25, 0.3) is 0 Å². The minimum Gasteiger partial charge on any atom is -0.400 e. The number of pyridine rings is 1. The van der Waals surface area contributed by atoms with Crippen molar-refractivity contribution in [1.29, 1.82) is 0 Å². The zero-order valence-corrected chi connectivity index (χ0v) is 7.25. The molecule has 1 aliphatic heterocycles. The van der Waals surface area contributed by atoms with Crippen LogP contribution in [0.15, 0.2) is 18.3 Å². The molecular formula is C9H14N2O. The number of aromatic nitrogens is 1. The molecule has 66 valence electrons. The first-order chi connectivity index (χ1) is 5.97. The molecule has 0 aliphatic carbocycles. The van der Waals surface area contributed by atoms with Gasteiger partial charge in [0.15, 0.2) is 0 Å². The third-order valence-electron chi connectivity index (χ3n) is 1.85. The molecule has 2 heterocycles. The molecule has 0 amide bonds. The summed E-state index contributed by atoms with van der Waals surface area (Å²) in [4.78, 5) is 4.26. The van der Waals surface area contributed by atoms with Gasteiger partial charge in [-0.15, -0.1) is 0 Å². The first-order valence-corrected chi connectivity index (χ1v) is 4.05. The average molecular weight is 166 g/mol. The van der Waals surface area contributed by atoms with Crippen molar-refractivity contribution >= 4 is 0 Å². The molecule has 1 aliphatic rings. The summed E-state index contributed by atoms with van der Waals surface area (Å²) >= 11 is 0. The molecule has 3 heteroatoms. The van der Waals surface area contributed by atoms with E-state index in [-0.39, 0.29) is 0 Å². The monoisotopic (exact) mass is 166 g/mol. The Kier molecular flexibility index (Phi) is 3.70. The Morgan fingerprint density at radius 2 is 2.33 bits per heavy atom. The van der Waals surface area contributed by atoms with Gasteiger partial charge in [0.05, 0.1) is 5.69 Å². The van der Waals surface area contributed by atoms with Gasteiger partial charge >= 0.3 is 0 Å². The summed E-state index contributed by atoms with van der Waals surface area (Å²) in [6.07, 6.45) is 2.98. The number of aliphatic hydroxyl groups excluding tert-OH is 1. The first kappa shape index (κ1) is 9.16. The van der Waals surface area contributed by atoms with E-state index in [1.807, 2.05) is 12.3 Å². The Labute approximate surface area is 72.5 Å². The summed E-state index contributed by atoms with van der Waals surface area (Å²) < 4.78 is 0. The molecule has 0 bridgehead atoms. The van der Waals surface area contributed by atoms with Crippen molar-refractivity contribution in [3.8, 4) is 0 Å². The smallest absolute Gasteiger partial charge is 0.0574 e. The molecule has 0 saturated carbocycles. The second-order valence-corrected chi connectivity index (χ2v) is 2.54. The van der Waals surface area contributed by atoms with Gasteiger partial charge in [-0.3, -0.25) is 4.98 Å². The van der Waals surface area contributed by atoms with E-state index in [0.717, 1.165) is 26.6 Å². The van der Waals surface area contributed by atoms with Gasteiger partial charge in [0.25, 0.3) is 0 Å². The molecule has 0 aromatic carbocycles. The van der Waals surface area contributed by atoms with Gasteiger partial charge in [0.1, 0.15) is 0 Å². The van der Waals surface area contributed by atoms with E-state index in [9.17, 15) is 0 Å². The van der Waals surface area contributed by atoms with Crippen LogP contribution in [-0.2, 0) is 13.0 Å². The Bertz CT molecular complexity index is 213. The zero-order valence-electron chi connectivity index (χ0n) is 7.25. The highest BCUT2D eigenvalue weighted by molar-refractivity contribution is 5.21. The van der Waals surface area contributed by atoms with Crippen LogP contribution in [0.5, 0.6) is 0 Å². The van der Waals surface area contributed by atoms with Gasteiger partial charge in [-0.1, -0.05) is 6.07 Å². The van der Waals surface area contributed by atoms with Gasteiger partial charge in [0, 0.05) is 19.9 Å². The van der Waals surface area contributed by atoms with Crippen molar-refractivity contribution in [1.82, 2.24) is 10.3 Å². The Morgan fingerprint density at radius 3 is 3.08 bits per heavy atom. The molecule has 0 saturated heterocycles. The van der Waals surface area contributed by atoms with Crippen LogP contribution < -0.4 is 5.32 Å². The number of hydrogen-bond acceptors (Lipinski definition) is 3. The van der Waals surface area contributed by atoms with Gasteiger partial charge < -0.3 is 10.4 Å². The van der Waals surface area contributed by atoms with Gasteiger partial charge in [-0.05, 0) is 24.6 Å². The lowest BCUT2D eigenvalue weighted by molar-refractivity contribution is 0.399. The van der Waals surface area contributed by atoms with Crippen molar-refractivity contribution < 1.29 is 5.11 Å². The van der Waals surface area contributed by atoms with Crippen LogP contribution in [0.1, 0.15) is 11.3 Å². The molecule has 0 unspecified atom stereocenters. The van der Waals surface area contributed by atoms with Gasteiger partial charge in [0.2, 0.25) is 0 Å². The highest BCUT2D eigenvalue weighted by atomic mass is 16.2. The van der Waals surface area contributed by atoms with Crippen molar-refractivity contribution in [2.24, 2.45) is 0 Å². The molecule has 0 spiro atoms. The van der Waals surface area contributed by atoms with Gasteiger partial charge in [-0.25, -0.2) is 0 Å². The average Bonchev–Trinajstić information content (AvgIpc) is 2.21. The summed E-state index contributed by atoms with van der Waals surface area (Å²) in [5, 5.41) is 10.3. The van der Waals surface area contributed by atoms with Crippen molar-refractivity contribution in [2.75, 3.05) is 13.7 Å². The highest BCUT2D eigenvalue weighted by Crippen LogP contribution is 2.08. The number of nitrogens with one attached hydrogen (secondary N) is 1. The first-order valence-electron chi connectivity index (χ1n) is 4.05. The fourth-order valence-electron chi connectivity index (χ4n) is 1.29. The topological polar surface area (TPSA) is 45.2 Å². The Balaban J connectivity index is 0.000000336. The van der Waals surface area contributed by atoms with E-state index in [0.29, 0.717) is 0 Å².